The molecule has 1 aliphatic heterocycles. The molecule has 32 heavy (non-hydrogen) atoms. The molecule has 0 saturated heterocycles. The van der Waals surface area contributed by atoms with Crippen LogP contribution in [-0.2, 0) is 13.1 Å². The largest absolute Gasteiger partial charge is 0.477 e. The van der Waals surface area contributed by atoms with E-state index in [0.29, 0.717) is 17.8 Å². The van der Waals surface area contributed by atoms with Crippen LogP contribution in [0, 0.1) is 11.6 Å². The van der Waals surface area contributed by atoms with E-state index >= 15 is 4.39 Å². The van der Waals surface area contributed by atoms with E-state index in [-0.39, 0.29) is 21.5 Å². The minimum absolute atomic E-state index is 0.0377. The Morgan fingerprint density at radius 3 is 2.47 bits per heavy atom. The molecule has 0 amide bonds. The number of fused-ring (bicyclic) bond motifs is 2. The van der Waals surface area contributed by atoms with Gasteiger partial charge in [-0.1, -0.05) is 23.7 Å². The highest BCUT2D eigenvalue weighted by molar-refractivity contribution is 6.38. The van der Waals surface area contributed by atoms with Gasteiger partial charge in [0.25, 0.3) is 0 Å². The number of aromatic carboxylic acids is 1. The normalized spacial score (nSPS) is 12.8. The lowest BCUT2D eigenvalue weighted by Gasteiger charge is -2.17. The molecule has 4 aromatic rings. The van der Waals surface area contributed by atoms with Gasteiger partial charge < -0.3 is 15.0 Å². The van der Waals surface area contributed by atoms with Gasteiger partial charge in [0.1, 0.15) is 17.2 Å². The number of nitrogens with one attached hydrogen (secondary N) is 1. The number of carboxylic acid groups (broad SMARTS) is 1. The summed E-state index contributed by atoms with van der Waals surface area (Å²) in [6.45, 7) is 1.38. The van der Waals surface area contributed by atoms with Gasteiger partial charge in [-0.2, -0.15) is 0 Å². The van der Waals surface area contributed by atoms with Crippen LogP contribution in [0.25, 0.3) is 27.7 Å². The van der Waals surface area contributed by atoms with Gasteiger partial charge in [-0.3, -0.25) is 4.79 Å². The zero-order chi connectivity index (χ0) is 22.6. The van der Waals surface area contributed by atoms with Gasteiger partial charge >= 0.3 is 5.97 Å². The molecule has 0 saturated carbocycles. The topological polar surface area (TPSA) is 71.3 Å². The molecule has 5 nitrogen and oxygen atoms in total. The van der Waals surface area contributed by atoms with Gasteiger partial charge in [0.2, 0.25) is 5.43 Å². The van der Waals surface area contributed by atoms with Crippen molar-refractivity contribution in [3.05, 3.63) is 98.3 Å². The first kappa shape index (κ1) is 20.4. The Labute approximate surface area is 185 Å². The highest BCUT2D eigenvalue weighted by Crippen LogP contribution is 2.38. The van der Waals surface area contributed by atoms with Crippen LogP contribution in [-0.4, -0.2) is 15.6 Å². The molecule has 0 fully saturated rings. The first-order chi connectivity index (χ1) is 15.3. The Hall–Kier alpha value is -3.55. The maximum absolute atomic E-state index is 15.3. The van der Waals surface area contributed by atoms with E-state index in [4.69, 9.17) is 11.6 Å². The van der Waals surface area contributed by atoms with Crippen LogP contribution in [0.15, 0.2) is 59.5 Å². The molecule has 0 bridgehead atoms. The third-order valence-corrected chi connectivity index (χ3v) is 6.01. The van der Waals surface area contributed by atoms with Crippen molar-refractivity contribution in [2.24, 2.45) is 0 Å². The molecule has 1 aliphatic rings. The van der Waals surface area contributed by atoms with Crippen LogP contribution >= 0.6 is 11.6 Å². The second-order valence-electron chi connectivity index (χ2n) is 7.55. The van der Waals surface area contributed by atoms with Crippen molar-refractivity contribution in [3.63, 3.8) is 0 Å². The summed E-state index contributed by atoms with van der Waals surface area (Å²) in [5.41, 5.74) is 1.89. The third kappa shape index (κ3) is 3.18. The summed E-state index contributed by atoms with van der Waals surface area (Å²) in [5.74, 6) is -2.68. The number of halogens is 3. The van der Waals surface area contributed by atoms with Crippen LogP contribution in [0.2, 0.25) is 5.02 Å². The van der Waals surface area contributed by atoms with E-state index in [1.165, 1.54) is 28.8 Å². The summed E-state index contributed by atoms with van der Waals surface area (Å²) in [5, 5.41) is 12.5. The molecule has 0 aliphatic carbocycles. The fourth-order valence-corrected chi connectivity index (χ4v) is 4.48. The molecule has 2 heterocycles. The number of hydrogen-bond donors (Lipinski definition) is 2. The van der Waals surface area contributed by atoms with Gasteiger partial charge in [-0.05, 0) is 53.1 Å². The van der Waals surface area contributed by atoms with Gasteiger partial charge in [0.15, 0.2) is 0 Å². The number of hydrogen-bond acceptors (Lipinski definition) is 3. The number of pyridine rings is 1. The van der Waals surface area contributed by atoms with Gasteiger partial charge in [-0.25, -0.2) is 13.6 Å². The van der Waals surface area contributed by atoms with Gasteiger partial charge in [-0.15, -0.1) is 0 Å². The average Bonchev–Trinajstić information content (AvgIpc) is 3.23. The molecule has 2 N–H and O–H groups in total. The molecular formula is C24H15ClF2N2O3. The summed E-state index contributed by atoms with van der Waals surface area (Å²) in [7, 11) is 0. The Balaban J connectivity index is 1.87. The number of carboxylic acids is 1. The van der Waals surface area contributed by atoms with Crippen molar-refractivity contribution in [1.29, 1.82) is 0 Å². The Morgan fingerprint density at radius 1 is 1.03 bits per heavy atom. The molecule has 160 valence electrons. The van der Waals surface area contributed by atoms with Crippen molar-refractivity contribution in [3.8, 4) is 16.8 Å². The Kier molecular flexibility index (Phi) is 4.80. The summed E-state index contributed by atoms with van der Waals surface area (Å²) in [4.78, 5) is 24.5. The van der Waals surface area contributed by atoms with Crippen LogP contribution in [0.1, 0.15) is 21.5 Å². The molecule has 5 rings (SSSR count). The van der Waals surface area contributed by atoms with E-state index in [1.807, 2.05) is 12.1 Å². The number of carbonyl (C=O) groups is 1. The molecule has 0 spiro atoms. The molecule has 0 atom stereocenters. The summed E-state index contributed by atoms with van der Waals surface area (Å²) in [6, 6.07) is 11.8. The lowest BCUT2D eigenvalue weighted by atomic mass is 9.98. The average molecular weight is 453 g/mol. The van der Waals surface area contributed by atoms with Gasteiger partial charge in [0, 0.05) is 30.5 Å². The van der Waals surface area contributed by atoms with Gasteiger partial charge in [0.05, 0.1) is 15.9 Å². The van der Waals surface area contributed by atoms with E-state index in [2.05, 4.69) is 5.32 Å². The van der Waals surface area contributed by atoms with Crippen molar-refractivity contribution in [1.82, 2.24) is 9.88 Å². The van der Waals surface area contributed by atoms with Crippen LogP contribution in [0.4, 0.5) is 8.78 Å². The lowest BCUT2D eigenvalue weighted by molar-refractivity contribution is 0.0695. The summed E-state index contributed by atoms with van der Waals surface area (Å²) >= 11 is 6.69. The van der Waals surface area contributed by atoms with Crippen LogP contribution in [0.5, 0.6) is 0 Å². The second kappa shape index (κ2) is 7.55. The first-order valence-electron chi connectivity index (χ1n) is 9.74. The quantitative estimate of drug-likeness (QED) is 0.464. The van der Waals surface area contributed by atoms with Crippen LogP contribution < -0.4 is 10.7 Å². The molecule has 8 heteroatoms. The van der Waals surface area contributed by atoms with Crippen molar-refractivity contribution >= 4 is 28.5 Å². The molecule has 1 aromatic heterocycles. The Morgan fingerprint density at radius 2 is 1.75 bits per heavy atom. The monoisotopic (exact) mass is 452 g/mol. The maximum Gasteiger partial charge on any atom is 0.341 e. The van der Waals surface area contributed by atoms with Crippen molar-refractivity contribution in [2.75, 3.05) is 0 Å². The number of rotatable bonds is 3. The summed E-state index contributed by atoms with van der Waals surface area (Å²) < 4.78 is 30.1. The molecule has 0 radical (unpaired) electrons. The van der Waals surface area contributed by atoms with E-state index in [1.54, 1.807) is 6.07 Å². The zero-order valence-electron chi connectivity index (χ0n) is 16.5. The number of benzene rings is 3. The minimum atomic E-state index is -1.46. The predicted octanol–water partition coefficient (Wildman–Crippen LogP) is 4.89. The molecule has 0 unspecified atom stereocenters. The van der Waals surface area contributed by atoms with E-state index < -0.39 is 28.6 Å². The standard InChI is InChI=1S/C24H15ClF2N2O3/c25-21-20(12-1-2-13-9-28-10-14(13)7-12)19(27)8-17-22(21)29(11-18(23(17)30)24(31)32)16-5-3-15(26)4-6-16/h1-8,11,28H,9-10H2,(H,31,32). The first-order valence-corrected chi connectivity index (χ1v) is 10.1. The van der Waals surface area contributed by atoms with Crippen molar-refractivity contribution in [2.45, 2.75) is 13.1 Å². The third-order valence-electron chi connectivity index (χ3n) is 5.64. The SMILES string of the molecule is O=C(O)c1cn(-c2ccc(F)cc2)c2c(Cl)c(-c3ccc4c(c3)CNC4)c(F)cc2c1=O. The highest BCUT2D eigenvalue weighted by Gasteiger charge is 2.23. The van der Waals surface area contributed by atoms with E-state index in [0.717, 1.165) is 29.9 Å². The number of aromatic nitrogens is 1. The predicted molar refractivity (Wildman–Crippen MR) is 117 cm³/mol. The fraction of sp³-hybridized carbons (Fsp3) is 0.0833. The molecule has 3 aromatic carbocycles. The van der Waals surface area contributed by atoms with Crippen LogP contribution in [0.3, 0.4) is 0 Å². The number of nitrogens with zero attached hydrogens (tertiary/aromatic N) is 1. The summed E-state index contributed by atoms with van der Waals surface area (Å²) in [6.07, 6.45) is 1.13. The molecular weight excluding hydrogens is 438 g/mol. The zero-order valence-corrected chi connectivity index (χ0v) is 17.2. The lowest BCUT2D eigenvalue weighted by Crippen LogP contribution is -2.19. The van der Waals surface area contributed by atoms with E-state index in [9.17, 15) is 19.1 Å². The van der Waals surface area contributed by atoms with Crippen molar-refractivity contribution < 1.29 is 18.7 Å². The Bertz CT molecular complexity index is 1480. The minimum Gasteiger partial charge on any atom is -0.477 e. The maximum atomic E-state index is 15.3. The fourth-order valence-electron chi connectivity index (χ4n) is 4.09. The smallest absolute Gasteiger partial charge is 0.341 e. The second-order valence-corrected chi connectivity index (χ2v) is 7.93. The highest BCUT2D eigenvalue weighted by atomic mass is 35.5.